The van der Waals surface area contributed by atoms with E-state index in [2.05, 4.69) is 9.97 Å². The maximum Gasteiger partial charge on any atom is 0.217 e. The van der Waals surface area contributed by atoms with Gasteiger partial charge in [0.2, 0.25) is 10.0 Å². The predicted octanol–water partition coefficient (Wildman–Crippen LogP) is 0.832. The number of para-hydroxylation sites is 2. The van der Waals surface area contributed by atoms with Crippen LogP contribution in [-0.4, -0.2) is 42.1 Å². The Morgan fingerprint density at radius 1 is 1.38 bits per heavy atom. The van der Waals surface area contributed by atoms with E-state index in [1.165, 1.54) is 11.4 Å². The quantitative estimate of drug-likeness (QED) is 0.738. The molecule has 0 bridgehead atoms. The minimum Gasteiger partial charge on any atom is -0.490 e. The third-order valence-corrected chi connectivity index (χ3v) is 4.68. The molecule has 7 nitrogen and oxygen atoms in total. The van der Waals surface area contributed by atoms with Crippen LogP contribution in [0.5, 0.6) is 5.75 Å². The number of ether oxygens (including phenoxy) is 1. The Morgan fingerprint density at radius 2 is 2.14 bits per heavy atom. The summed E-state index contributed by atoms with van der Waals surface area (Å²) in [5, 5.41) is 0. The highest BCUT2D eigenvalue weighted by Crippen LogP contribution is 2.19. The number of nitrogens with zero attached hydrogens (tertiary/aromatic N) is 2. The van der Waals surface area contributed by atoms with E-state index < -0.39 is 10.0 Å². The molecule has 0 aliphatic rings. The van der Waals surface area contributed by atoms with E-state index in [4.69, 9.17) is 10.5 Å². The number of anilines is 1. The van der Waals surface area contributed by atoms with Crippen LogP contribution in [0.25, 0.3) is 0 Å². The van der Waals surface area contributed by atoms with Gasteiger partial charge in [0.1, 0.15) is 18.2 Å². The lowest BCUT2D eigenvalue weighted by Crippen LogP contribution is -2.31. The second kappa shape index (κ2) is 6.59. The van der Waals surface area contributed by atoms with Gasteiger partial charge < -0.3 is 15.5 Å². The summed E-state index contributed by atoms with van der Waals surface area (Å²) in [6.07, 6.45) is 3.23. The number of nitrogen functional groups attached to an aromatic ring is 1. The van der Waals surface area contributed by atoms with Crippen LogP contribution in [0.3, 0.4) is 0 Å². The molecule has 3 N–H and O–H groups in total. The van der Waals surface area contributed by atoms with E-state index in [9.17, 15) is 8.42 Å². The first-order chi connectivity index (χ1) is 9.99. The molecule has 0 aliphatic carbocycles. The number of hydrogen-bond donors (Lipinski definition) is 2. The molecule has 0 amide bonds. The number of H-pyrrole nitrogens is 1. The summed E-state index contributed by atoms with van der Waals surface area (Å²) in [5.74, 6) is 0.953. The highest BCUT2D eigenvalue weighted by Gasteiger charge is 2.19. The molecule has 0 atom stereocenters. The molecule has 0 radical (unpaired) electrons. The van der Waals surface area contributed by atoms with Crippen molar-refractivity contribution < 1.29 is 13.2 Å². The van der Waals surface area contributed by atoms with Crippen LogP contribution < -0.4 is 10.5 Å². The highest BCUT2D eigenvalue weighted by atomic mass is 32.2. The van der Waals surface area contributed by atoms with Crippen molar-refractivity contribution >= 4 is 15.7 Å². The standard InChI is InChI=1S/C13H18N4O3S/c1-17(10-13-15-6-7-16-13)21(18,19)9-8-20-12-5-3-2-4-11(12)14/h2-7H,8-10,14H2,1H3,(H,15,16). The van der Waals surface area contributed by atoms with Gasteiger partial charge in [0.05, 0.1) is 18.0 Å². The molecule has 21 heavy (non-hydrogen) atoms. The molecule has 0 saturated heterocycles. The SMILES string of the molecule is CN(Cc1ncc[nH]1)S(=O)(=O)CCOc1ccccc1N. The third-order valence-electron chi connectivity index (χ3n) is 2.92. The van der Waals surface area contributed by atoms with Gasteiger partial charge in [-0.1, -0.05) is 12.1 Å². The van der Waals surface area contributed by atoms with Gasteiger partial charge >= 0.3 is 0 Å². The van der Waals surface area contributed by atoms with Crippen LogP contribution in [0.4, 0.5) is 5.69 Å². The van der Waals surface area contributed by atoms with Crippen molar-refractivity contribution in [1.82, 2.24) is 14.3 Å². The van der Waals surface area contributed by atoms with Crippen molar-refractivity contribution in [3.05, 3.63) is 42.5 Å². The molecular weight excluding hydrogens is 292 g/mol. The Labute approximate surface area is 123 Å². The summed E-state index contributed by atoms with van der Waals surface area (Å²) in [5.41, 5.74) is 6.21. The van der Waals surface area contributed by atoms with Crippen LogP contribution >= 0.6 is 0 Å². The Hall–Kier alpha value is -2.06. The van der Waals surface area contributed by atoms with Gasteiger partial charge in [-0.3, -0.25) is 0 Å². The van der Waals surface area contributed by atoms with Gasteiger partial charge in [-0.05, 0) is 12.1 Å². The molecule has 2 aromatic rings. The number of aromatic nitrogens is 2. The molecule has 2 rings (SSSR count). The molecule has 1 heterocycles. The second-order valence-electron chi connectivity index (χ2n) is 4.49. The summed E-state index contributed by atoms with van der Waals surface area (Å²) >= 11 is 0. The molecule has 0 saturated carbocycles. The number of nitrogens with one attached hydrogen (secondary N) is 1. The van der Waals surface area contributed by atoms with Gasteiger partial charge in [0.25, 0.3) is 0 Å². The van der Waals surface area contributed by atoms with E-state index >= 15 is 0 Å². The summed E-state index contributed by atoms with van der Waals surface area (Å²) in [7, 11) is -1.90. The number of hydrogen-bond acceptors (Lipinski definition) is 5. The van der Waals surface area contributed by atoms with E-state index in [1.807, 2.05) is 0 Å². The van der Waals surface area contributed by atoms with Crippen molar-refractivity contribution in [2.75, 3.05) is 25.1 Å². The Balaban J connectivity index is 1.88. The lowest BCUT2D eigenvalue weighted by Gasteiger charge is -2.16. The second-order valence-corrected chi connectivity index (χ2v) is 6.69. The Bertz CT molecular complexity index is 670. The summed E-state index contributed by atoms with van der Waals surface area (Å²) in [6, 6.07) is 6.97. The van der Waals surface area contributed by atoms with Gasteiger partial charge in [0.15, 0.2) is 0 Å². The van der Waals surface area contributed by atoms with Gasteiger partial charge in [-0.2, -0.15) is 4.31 Å². The summed E-state index contributed by atoms with van der Waals surface area (Å²) in [4.78, 5) is 6.86. The average molecular weight is 310 g/mol. The van der Waals surface area contributed by atoms with Crippen LogP contribution in [0.2, 0.25) is 0 Å². The van der Waals surface area contributed by atoms with Crippen molar-refractivity contribution in [3.63, 3.8) is 0 Å². The molecule has 114 valence electrons. The number of aromatic amines is 1. The number of sulfonamides is 1. The molecule has 0 spiro atoms. The maximum absolute atomic E-state index is 12.1. The molecular formula is C13H18N4O3S. The largest absolute Gasteiger partial charge is 0.490 e. The number of imidazole rings is 1. The first-order valence-corrected chi connectivity index (χ1v) is 7.99. The molecule has 1 aromatic carbocycles. The zero-order valence-corrected chi connectivity index (χ0v) is 12.5. The van der Waals surface area contributed by atoms with Crippen molar-refractivity contribution in [2.45, 2.75) is 6.54 Å². The number of benzene rings is 1. The van der Waals surface area contributed by atoms with Crippen LogP contribution in [-0.2, 0) is 16.6 Å². The van der Waals surface area contributed by atoms with Crippen LogP contribution in [0.15, 0.2) is 36.7 Å². The van der Waals surface area contributed by atoms with Crippen molar-refractivity contribution in [1.29, 1.82) is 0 Å². The predicted molar refractivity (Wildman–Crippen MR) is 80.2 cm³/mol. The van der Waals surface area contributed by atoms with Crippen LogP contribution in [0.1, 0.15) is 5.82 Å². The van der Waals surface area contributed by atoms with Crippen molar-refractivity contribution in [2.24, 2.45) is 0 Å². The lowest BCUT2D eigenvalue weighted by atomic mass is 10.3. The van der Waals surface area contributed by atoms with E-state index in [-0.39, 0.29) is 18.9 Å². The first kappa shape index (κ1) is 15.3. The average Bonchev–Trinajstić information content (AvgIpc) is 2.93. The summed E-state index contributed by atoms with van der Waals surface area (Å²) in [6.45, 7) is 0.238. The monoisotopic (exact) mass is 310 g/mol. The highest BCUT2D eigenvalue weighted by molar-refractivity contribution is 7.89. The number of nitrogens with two attached hydrogens (primary N) is 1. The third kappa shape index (κ3) is 4.20. The minimum absolute atomic E-state index is 0.0407. The zero-order valence-electron chi connectivity index (χ0n) is 11.7. The molecule has 0 fully saturated rings. The number of rotatable bonds is 7. The minimum atomic E-state index is -3.41. The maximum atomic E-state index is 12.1. The van der Waals surface area contributed by atoms with Crippen LogP contribution in [0, 0.1) is 0 Å². The molecule has 0 unspecified atom stereocenters. The fourth-order valence-electron chi connectivity index (χ4n) is 1.72. The fraction of sp³-hybridized carbons (Fsp3) is 0.308. The van der Waals surface area contributed by atoms with Crippen molar-refractivity contribution in [3.8, 4) is 5.75 Å². The Morgan fingerprint density at radius 3 is 2.81 bits per heavy atom. The fourth-order valence-corrected chi connectivity index (χ4v) is 2.64. The summed E-state index contributed by atoms with van der Waals surface area (Å²) < 4.78 is 30.9. The van der Waals surface area contributed by atoms with E-state index in [0.717, 1.165) is 0 Å². The Kier molecular flexibility index (Phi) is 4.81. The van der Waals surface area contributed by atoms with Gasteiger partial charge in [-0.15, -0.1) is 0 Å². The normalized spacial score (nSPS) is 11.7. The van der Waals surface area contributed by atoms with Gasteiger partial charge in [0, 0.05) is 19.4 Å². The molecule has 0 aliphatic heterocycles. The molecule has 1 aromatic heterocycles. The van der Waals surface area contributed by atoms with E-state index in [1.54, 1.807) is 36.7 Å². The zero-order chi connectivity index (χ0) is 15.3. The topological polar surface area (TPSA) is 101 Å². The first-order valence-electron chi connectivity index (χ1n) is 6.38. The molecule has 8 heteroatoms. The van der Waals surface area contributed by atoms with Gasteiger partial charge in [-0.25, -0.2) is 13.4 Å². The smallest absolute Gasteiger partial charge is 0.217 e. The van der Waals surface area contributed by atoms with E-state index in [0.29, 0.717) is 17.3 Å². The lowest BCUT2D eigenvalue weighted by molar-refractivity contribution is 0.338.